The van der Waals surface area contributed by atoms with Crippen molar-refractivity contribution < 1.29 is 14.7 Å². The van der Waals surface area contributed by atoms with Gasteiger partial charge in [0.05, 0.1) is 22.9 Å². The van der Waals surface area contributed by atoms with Gasteiger partial charge in [-0.3, -0.25) is 9.59 Å². The number of carbonyl (C=O) groups is 2. The predicted molar refractivity (Wildman–Crippen MR) is 93.9 cm³/mol. The lowest BCUT2D eigenvalue weighted by molar-refractivity contribution is -0.145. The van der Waals surface area contributed by atoms with Crippen molar-refractivity contribution in [2.75, 3.05) is 0 Å². The van der Waals surface area contributed by atoms with Gasteiger partial charge in [0.1, 0.15) is 0 Å². The Morgan fingerprint density at radius 2 is 1.84 bits per heavy atom. The van der Waals surface area contributed by atoms with E-state index in [1.807, 2.05) is 51.1 Å². The number of nitrogens with zero attached hydrogens (tertiary/aromatic N) is 2. The minimum Gasteiger partial charge on any atom is -0.481 e. The summed E-state index contributed by atoms with van der Waals surface area (Å²) < 4.78 is 1.72. The molecule has 0 spiro atoms. The highest BCUT2D eigenvalue weighted by molar-refractivity contribution is 5.96. The maximum absolute atomic E-state index is 12.7. The molecule has 0 bridgehead atoms. The van der Waals surface area contributed by atoms with Gasteiger partial charge < -0.3 is 10.4 Å². The van der Waals surface area contributed by atoms with Crippen LogP contribution in [0.25, 0.3) is 5.69 Å². The average Bonchev–Trinajstić information content (AvgIpc) is 2.96. The standard InChI is InChI=1S/C19H23N3O3/c1-19(2,3)16-15(11-22(21-16)14-7-5-4-6-8-14)17(23)20-13-9-12(10-13)18(24)25/h4-8,11-13H,9-10H2,1-3H3,(H,20,23)(H,24,25). The SMILES string of the molecule is CC(C)(C)c1nn(-c2ccccc2)cc1C(=O)NC1CC(C(=O)O)C1. The third-order valence-electron chi connectivity index (χ3n) is 4.51. The van der Waals surface area contributed by atoms with Gasteiger partial charge in [-0.2, -0.15) is 5.10 Å². The predicted octanol–water partition coefficient (Wildman–Crippen LogP) is 2.76. The monoisotopic (exact) mass is 341 g/mol. The van der Waals surface area contributed by atoms with E-state index in [2.05, 4.69) is 10.4 Å². The first-order valence-electron chi connectivity index (χ1n) is 8.45. The van der Waals surface area contributed by atoms with E-state index >= 15 is 0 Å². The fraction of sp³-hybridized carbons (Fsp3) is 0.421. The first-order valence-corrected chi connectivity index (χ1v) is 8.45. The van der Waals surface area contributed by atoms with Gasteiger partial charge in [-0.25, -0.2) is 4.68 Å². The van der Waals surface area contributed by atoms with Gasteiger partial charge in [0, 0.05) is 17.7 Å². The maximum Gasteiger partial charge on any atom is 0.306 e. The molecule has 1 fully saturated rings. The molecule has 6 heteroatoms. The number of rotatable bonds is 4. The van der Waals surface area contributed by atoms with E-state index in [4.69, 9.17) is 5.11 Å². The number of hydrogen-bond acceptors (Lipinski definition) is 3. The quantitative estimate of drug-likeness (QED) is 0.895. The van der Waals surface area contributed by atoms with E-state index < -0.39 is 5.97 Å². The van der Waals surface area contributed by atoms with E-state index in [1.165, 1.54) is 0 Å². The van der Waals surface area contributed by atoms with Crippen LogP contribution >= 0.6 is 0 Å². The third kappa shape index (κ3) is 3.57. The Hall–Kier alpha value is -2.63. The Labute approximate surface area is 146 Å². The second kappa shape index (κ2) is 6.35. The van der Waals surface area contributed by atoms with Crippen LogP contribution in [0.2, 0.25) is 0 Å². The van der Waals surface area contributed by atoms with Crippen molar-refractivity contribution in [3.8, 4) is 5.69 Å². The number of nitrogens with one attached hydrogen (secondary N) is 1. The summed E-state index contributed by atoms with van der Waals surface area (Å²) in [7, 11) is 0. The Bertz CT molecular complexity index is 784. The zero-order chi connectivity index (χ0) is 18.2. The molecule has 2 aromatic rings. The zero-order valence-corrected chi connectivity index (χ0v) is 14.7. The number of carboxylic acids is 1. The van der Waals surface area contributed by atoms with Crippen LogP contribution in [0, 0.1) is 5.92 Å². The Morgan fingerprint density at radius 1 is 1.20 bits per heavy atom. The number of aliphatic carboxylic acids is 1. The summed E-state index contributed by atoms with van der Waals surface area (Å²) in [5.74, 6) is -1.34. The number of aromatic nitrogens is 2. The summed E-state index contributed by atoms with van der Waals surface area (Å²) in [6.45, 7) is 6.06. The van der Waals surface area contributed by atoms with Gasteiger partial charge in [0.15, 0.2) is 0 Å². The Balaban J connectivity index is 1.83. The number of amides is 1. The van der Waals surface area contributed by atoms with Gasteiger partial charge in [-0.1, -0.05) is 39.0 Å². The molecule has 0 unspecified atom stereocenters. The van der Waals surface area contributed by atoms with E-state index in [-0.39, 0.29) is 23.3 Å². The molecule has 0 saturated heterocycles. The van der Waals surface area contributed by atoms with Crippen LogP contribution in [0.5, 0.6) is 0 Å². The molecule has 132 valence electrons. The van der Waals surface area contributed by atoms with Crippen molar-refractivity contribution in [1.29, 1.82) is 0 Å². The number of benzene rings is 1. The van der Waals surface area contributed by atoms with Crippen LogP contribution in [0.15, 0.2) is 36.5 Å². The van der Waals surface area contributed by atoms with Gasteiger partial charge in [0.25, 0.3) is 5.91 Å². The number of carboxylic acid groups (broad SMARTS) is 1. The number of carbonyl (C=O) groups excluding carboxylic acids is 1. The van der Waals surface area contributed by atoms with Crippen molar-refractivity contribution in [1.82, 2.24) is 15.1 Å². The smallest absolute Gasteiger partial charge is 0.306 e. The molecule has 6 nitrogen and oxygen atoms in total. The van der Waals surface area contributed by atoms with Gasteiger partial charge in [0.2, 0.25) is 0 Å². The second-order valence-corrected chi connectivity index (χ2v) is 7.60. The highest BCUT2D eigenvalue weighted by Gasteiger charge is 2.36. The molecule has 1 amide bonds. The molecular formula is C19H23N3O3. The summed E-state index contributed by atoms with van der Waals surface area (Å²) in [5.41, 5.74) is 1.87. The highest BCUT2D eigenvalue weighted by atomic mass is 16.4. The van der Waals surface area contributed by atoms with Gasteiger partial charge >= 0.3 is 5.97 Å². The minimum atomic E-state index is -0.794. The molecule has 1 aromatic carbocycles. The van der Waals surface area contributed by atoms with Crippen LogP contribution in [0.3, 0.4) is 0 Å². The normalized spacial score (nSPS) is 20.0. The molecule has 0 radical (unpaired) electrons. The Kier molecular flexibility index (Phi) is 4.37. The molecular weight excluding hydrogens is 318 g/mol. The van der Waals surface area contributed by atoms with E-state index in [0.29, 0.717) is 18.4 Å². The molecule has 3 rings (SSSR count). The van der Waals surface area contributed by atoms with Crippen molar-refractivity contribution in [3.05, 3.63) is 47.8 Å². The highest BCUT2D eigenvalue weighted by Crippen LogP contribution is 2.29. The Morgan fingerprint density at radius 3 is 2.40 bits per heavy atom. The molecule has 1 aliphatic rings. The number of hydrogen-bond donors (Lipinski definition) is 2. The van der Waals surface area contributed by atoms with E-state index in [0.717, 1.165) is 11.4 Å². The first kappa shape index (κ1) is 17.2. The molecule has 0 atom stereocenters. The average molecular weight is 341 g/mol. The van der Waals surface area contributed by atoms with Crippen molar-refractivity contribution in [2.24, 2.45) is 5.92 Å². The molecule has 1 saturated carbocycles. The summed E-state index contributed by atoms with van der Waals surface area (Å²) in [6.07, 6.45) is 2.72. The minimum absolute atomic E-state index is 0.0820. The molecule has 25 heavy (non-hydrogen) atoms. The zero-order valence-electron chi connectivity index (χ0n) is 14.7. The molecule has 1 aromatic heterocycles. The summed E-state index contributed by atoms with van der Waals surface area (Å²) in [6, 6.07) is 9.57. The van der Waals surface area contributed by atoms with Crippen LogP contribution in [-0.2, 0) is 10.2 Å². The van der Waals surface area contributed by atoms with E-state index in [9.17, 15) is 9.59 Å². The molecule has 0 aliphatic heterocycles. The summed E-state index contributed by atoms with van der Waals surface area (Å²) >= 11 is 0. The second-order valence-electron chi connectivity index (χ2n) is 7.60. The first-order chi connectivity index (χ1) is 11.8. The fourth-order valence-corrected chi connectivity index (χ4v) is 3.01. The van der Waals surface area contributed by atoms with Gasteiger partial charge in [-0.05, 0) is 25.0 Å². The van der Waals surface area contributed by atoms with Crippen molar-refractivity contribution >= 4 is 11.9 Å². The lowest BCUT2D eigenvalue weighted by Crippen LogP contribution is -2.47. The van der Waals surface area contributed by atoms with Crippen molar-refractivity contribution in [3.63, 3.8) is 0 Å². The molecule has 1 heterocycles. The number of para-hydroxylation sites is 1. The summed E-state index contributed by atoms with van der Waals surface area (Å²) in [5, 5.41) is 16.5. The van der Waals surface area contributed by atoms with Gasteiger partial charge in [-0.15, -0.1) is 0 Å². The van der Waals surface area contributed by atoms with E-state index in [1.54, 1.807) is 10.9 Å². The lowest BCUT2D eigenvalue weighted by atomic mass is 9.80. The third-order valence-corrected chi connectivity index (χ3v) is 4.51. The fourth-order valence-electron chi connectivity index (χ4n) is 3.01. The van der Waals surface area contributed by atoms with Crippen LogP contribution in [0.4, 0.5) is 0 Å². The largest absolute Gasteiger partial charge is 0.481 e. The lowest BCUT2D eigenvalue weighted by Gasteiger charge is -2.33. The topological polar surface area (TPSA) is 84.2 Å². The van der Waals surface area contributed by atoms with Crippen LogP contribution < -0.4 is 5.32 Å². The maximum atomic E-state index is 12.7. The summed E-state index contributed by atoms with van der Waals surface area (Å²) in [4.78, 5) is 23.6. The molecule has 1 aliphatic carbocycles. The van der Waals surface area contributed by atoms with Crippen LogP contribution in [0.1, 0.15) is 49.7 Å². The van der Waals surface area contributed by atoms with Crippen molar-refractivity contribution in [2.45, 2.75) is 45.1 Å². The molecule has 2 N–H and O–H groups in total. The van der Waals surface area contributed by atoms with Crippen LogP contribution in [-0.4, -0.2) is 32.8 Å².